The van der Waals surface area contributed by atoms with Crippen LogP contribution in [0.4, 0.5) is 0 Å². The van der Waals surface area contributed by atoms with E-state index in [1.165, 1.54) is 0 Å². The van der Waals surface area contributed by atoms with Crippen molar-refractivity contribution in [3.63, 3.8) is 0 Å². The third-order valence-corrected chi connectivity index (χ3v) is 3.33. The normalized spacial score (nSPS) is 10.3. The number of benzene rings is 1. The van der Waals surface area contributed by atoms with Gasteiger partial charge < -0.3 is 5.11 Å². The van der Waals surface area contributed by atoms with E-state index in [4.69, 9.17) is 5.26 Å². The van der Waals surface area contributed by atoms with Gasteiger partial charge in [0.2, 0.25) is 0 Å². The summed E-state index contributed by atoms with van der Waals surface area (Å²) in [5, 5.41) is 22.7. The van der Waals surface area contributed by atoms with Crippen LogP contribution in [-0.4, -0.2) is 20.9 Å². The lowest BCUT2D eigenvalue weighted by Gasteiger charge is -2.07. The number of hydrogen-bond acceptors (Lipinski definition) is 3. The minimum absolute atomic E-state index is 0.309. The SMILES string of the molecule is CCCc1c(C(=O)O)c(CC)nn1-c1ccc(C#N)cc1. The second-order valence-corrected chi connectivity index (χ2v) is 4.75. The Hall–Kier alpha value is -2.61. The summed E-state index contributed by atoms with van der Waals surface area (Å²) in [4.78, 5) is 11.5. The Balaban J connectivity index is 2.61. The van der Waals surface area contributed by atoms with Gasteiger partial charge >= 0.3 is 5.97 Å². The van der Waals surface area contributed by atoms with Crippen molar-refractivity contribution in [1.29, 1.82) is 5.26 Å². The Morgan fingerprint density at radius 2 is 2.00 bits per heavy atom. The number of aryl methyl sites for hydroxylation is 1. The summed E-state index contributed by atoms with van der Waals surface area (Å²) in [5.41, 5.74) is 2.96. The van der Waals surface area contributed by atoms with Crippen molar-refractivity contribution in [2.45, 2.75) is 33.1 Å². The van der Waals surface area contributed by atoms with Gasteiger partial charge in [-0.25, -0.2) is 9.48 Å². The predicted molar refractivity (Wildman–Crippen MR) is 78.6 cm³/mol. The van der Waals surface area contributed by atoms with E-state index in [0.717, 1.165) is 12.1 Å². The Labute approximate surface area is 123 Å². The van der Waals surface area contributed by atoms with Crippen LogP contribution in [0.2, 0.25) is 0 Å². The third-order valence-electron chi connectivity index (χ3n) is 3.33. The topological polar surface area (TPSA) is 78.9 Å². The fourth-order valence-electron chi connectivity index (χ4n) is 2.36. The van der Waals surface area contributed by atoms with Crippen LogP contribution in [0.5, 0.6) is 0 Å². The van der Waals surface area contributed by atoms with Gasteiger partial charge in [0.15, 0.2) is 0 Å². The molecule has 1 aromatic heterocycles. The molecule has 0 aliphatic heterocycles. The van der Waals surface area contributed by atoms with E-state index in [2.05, 4.69) is 11.2 Å². The van der Waals surface area contributed by atoms with Crippen molar-refractivity contribution < 1.29 is 9.90 Å². The molecule has 0 aliphatic carbocycles. The fraction of sp³-hybridized carbons (Fsp3) is 0.312. The molecule has 0 fully saturated rings. The van der Waals surface area contributed by atoms with E-state index in [1.54, 1.807) is 28.9 Å². The Bertz CT molecular complexity index is 694. The lowest BCUT2D eigenvalue weighted by Crippen LogP contribution is -2.07. The predicted octanol–water partition coefficient (Wildman–Crippen LogP) is 2.96. The second kappa shape index (κ2) is 6.23. The number of carboxylic acids is 1. The molecule has 0 aliphatic rings. The summed E-state index contributed by atoms with van der Waals surface area (Å²) in [6, 6.07) is 9.06. The summed E-state index contributed by atoms with van der Waals surface area (Å²) in [5.74, 6) is -0.935. The first-order chi connectivity index (χ1) is 10.1. The molecule has 0 radical (unpaired) electrons. The van der Waals surface area contributed by atoms with Crippen molar-refractivity contribution in [2.75, 3.05) is 0 Å². The van der Waals surface area contributed by atoms with Gasteiger partial charge in [-0.15, -0.1) is 0 Å². The average Bonchev–Trinajstić information content (AvgIpc) is 2.86. The first-order valence-electron chi connectivity index (χ1n) is 6.96. The second-order valence-electron chi connectivity index (χ2n) is 4.75. The van der Waals surface area contributed by atoms with Gasteiger partial charge in [-0.05, 0) is 37.1 Å². The number of nitriles is 1. The van der Waals surface area contributed by atoms with Crippen LogP contribution in [0.15, 0.2) is 24.3 Å². The van der Waals surface area contributed by atoms with Crippen LogP contribution in [0.25, 0.3) is 5.69 Å². The molecular weight excluding hydrogens is 266 g/mol. The zero-order chi connectivity index (χ0) is 15.4. The first kappa shape index (κ1) is 14.8. The highest BCUT2D eigenvalue weighted by atomic mass is 16.4. The lowest BCUT2D eigenvalue weighted by molar-refractivity contribution is 0.0694. The van der Waals surface area contributed by atoms with E-state index < -0.39 is 5.97 Å². The molecule has 0 atom stereocenters. The monoisotopic (exact) mass is 283 g/mol. The number of rotatable bonds is 5. The molecule has 5 nitrogen and oxygen atoms in total. The van der Waals surface area contributed by atoms with Crippen molar-refractivity contribution in [3.05, 3.63) is 46.8 Å². The number of nitrogens with zero attached hydrogens (tertiary/aromatic N) is 3. The minimum Gasteiger partial charge on any atom is -0.478 e. The van der Waals surface area contributed by atoms with E-state index in [-0.39, 0.29) is 0 Å². The molecule has 1 N–H and O–H groups in total. The van der Waals surface area contributed by atoms with Gasteiger partial charge in [0.1, 0.15) is 5.56 Å². The molecule has 108 valence electrons. The van der Waals surface area contributed by atoms with E-state index in [0.29, 0.717) is 35.4 Å². The minimum atomic E-state index is -0.935. The number of aromatic nitrogens is 2. The highest BCUT2D eigenvalue weighted by Crippen LogP contribution is 2.21. The number of hydrogen-bond donors (Lipinski definition) is 1. The third kappa shape index (κ3) is 2.79. The molecule has 1 heterocycles. The Morgan fingerprint density at radius 1 is 1.33 bits per heavy atom. The zero-order valence-electron chi connectivity index (χ0n) is 12.1. The van der Waals surface area contributed by atoms with Gasteiger partial charge in [0.05, 0.1) is 28.7 Å². The molecule has 0 unspecified atom stereocenters. The van der Waals surface area contributed by atoms with Crippen LogP contribution in [0.3, 0.4) is 0 Å². The van der Waals surface area contributed by atoms with Crippen LogP contribution in [0.1, 0.15) is 47.6 Å². The molecule has 0 saturated heterocycles. The van der Waals surface area contributed by atoms with E-state index in [9.17, 15) is 9.90 Å². The smallest absolute Gasteiger partial charge is 0.339 e. The van der Waals surface area contributed by atoms with Gasteiger partial charge in [0.25, 0.3) is 0 Å². The molecule has 2 aromatic rings. The molecular formula is C16H17N3O2. The average molecular weight is 283 g/mol. The summed E-state index contributed by atoms with van der Waals surface area (Å²) >= 11 is 0. The van der Waals surface area contributed by atoms with Gasteiger partial charge in [-0.2, -0.15) is 10.4 Å². The highest BCUT2D eigenvalue weighted by molar-refractivity contribution is 5.90. The van der Waals surface area contributed by atoms with Crippen LogP contribution >= 0.6 is 0 Å². The van der Waals surface area contributed by atoms with E-state index in [1.807, 2.05) is 13.8 Å². The number of carboxylic acid groups (broad SMARTS) is 1. The van der Waals surface area contributed by atoms with Gasteiger partial charge in [-0.3, -0.25) is 0 Å². The maximum Gasteiger partial charge on any atom is 0.339 e. The first-order valence-corrected chi connectivity index (χ1v) is 6.96. The van der Waals surface area contributed by atoms with Crippen LogP contribution in [-0.2, 0) is 12.8 Å². The Morgan fingerprint density at radius 3 is 2.48 bits per heavy atom. The Kier molecular flexibility index (Phi) is 4.39. The summed E-state index contributed by atoms with van der Waals surface area (Å²) < 4.78 is 1.69. The number of aromatic carboxylic acids is 1. The quantitative estimate of drug-likeness (QED) is 0.915. The van der Waals surface area contributed by atoms with Gasteiger partial charge in [-0.1, -0.05) is 20.3 Å². The fourth-order valence-corrected chi connectivity index (χ4v) is 2.36. The standard InChI is InChI=1S/C16H17N3O2/c1-3-5-14-15(16(20)21)13(4-2)18-19(14)12-8-6-11(10-17)7-9-12/h6-9H,3-5H2,1-2H3,(H,20,21). The number of carbonyl (C=O) groups is 1. The summed E-state index contributed by atoms with van der Waals surface area (Å²) in [6.45, 7) is 3.90. The maximum atomic E-state index is 11.5. The molecule has 21 heavy (non-hydrogen) atoms. The largest absolute Gasteiger partial charge is 0.478 e. The molecule has 2 rings (SSSR count). The molecule has 1 aromatic carbocycles. The van der Waals surface area contributed by atoms with Crippen molar-refractivity contribution in [3.8, 4) is 11.8 Å². The molecule has 0 spiro atoms. The summed E-state index contributed by atoms with van der Waals surface area (Å²) in [7, 11) is 0. The molecule has 0 amide bonds. The van der Waals surface area contributed by atoms with Gasteiger partial charge in [0, 0.05) is 0 Å². The lowest BCUT2D eigenvalue weighted by atomic mass is 10.1. The summed E-state index contributed by atoms with van der Waals surface area (Å²) in [6.07, 6.45) is 2.06. The molecule has 5 heteroatoms. The molecule has 0 saturated carbocycles. The van der Waals surface area contributed by atoms with Crippen LogP contribution < -0.4 is 0 Å². The van der Waals surface area contributed by atoms with Crippen molar-refractivity contribution in [2.24, 2.45) is 0 Å². The zero-order valence-corrected chi connectivity index (χ0v) is 12.1. The van der Waals surface area contributed by atoms with Crippen molar-refractivity contribution in [1.82, 2.24) is 9.78 Å². The maximum absolute atomic E-state index is 11.5. The molecule has 0 bridgehead atoms. The van der Waals surface area contributed by atoms with Crippen LogP contribution in [0, 0.1) is 11.3 Å². The van der Waals surface area contributed by atoms with Crippen molar-refractivity contribution >= 4 is 5.97 Å². The van der Waals surface area contributed by atoms with E-state index >= 15 is 0 Å². The highest BCUT2D eigenvalue weighted by Gasteiger charge is 2.22.